The molecule has 1 nitrogen and oxygen atoms in total. The van der Waals surface area contributed by atoms with E-state index in [2.05, 4.69) is 267 Å². The van der Waals surface area contributed by atoms with Gasteiger partial charge in [-0.05, 0) is 115 Å². The Morgan fingerprint density at radius 2 is 0.734 bits per heavy atom. The predicted octanol–water partition coefficient (Wildman–Crippen LogP) is 16.2. The third kappa shape index (κ3) is 5.64. The molecule has 0 radical (unpaired) electrons. The van der Waals surface area contributed by atoms with Crippen molar-refractivity contribution in [3.05, 3.63) is 294 Å². The highest BCUT2D eigenvalue weighted by atomic mass is 15.1. The fourth-order valence-corrected chi connectivity index (χ4v) is 11.2. The Kier molecular flexibility index (Phi) is 8.91. The molecule has 1 atom stereocenters. The molecule has 64 heavy (non-hydrogen) atoms. The number of rotatable bonds is 8. The molecule has 2 aliphatic rings. The van der Waals surface area contributed by atoms with Gasteiger partial charge in [0, 0.05) is 22.4 Å². The van der Waals surface area contributed by atoms with Crippen molar-refractivity contribution >= 4 is 17.1 Å². The summed E-state index contributed by atoms with van der Waals surface area (Å²) in [4.78, 5) is 2.51. The van der Waals surface area contributed by atoms with Crippen LogP contribution < -0.4 is 4.90 Å². The van der Waals surface area contributed by atoms with Crippen molar-refractivity contribution in [2.24, 2.45) is 0 Å². The average Bonchev–Trinajstić information content (AvgIpc) is 3.82. The summed E-state index contributed by atoms with van der Waals surface area (Å²) in [5.41, 5.74) is 21.3. The van der Waals surface area contributed by atoms with Crippen molar-refractivity contribution in [1.82, 2.24) is 0 Å². The zero-order chi connectivity index (χ0) is 42.7. The second-order valence-electron chi connectivity index (χ2n) is 17.3. The molecule has 0 N–H and O–H groups in total. The minimum atomic E-state index is -0.533. The van der Waals surface area contributed by atoms with E-state index < -0.39 is 10.8 Å². The van der Waals surface area contributed by atoms with Crippen LogP contribution in [0.25, 0.3) is 44.5 Å². The molecule has 0 saturated carbocycles. The lowest BCUT2D eigenvalue weighted by Crippen LogP contribution is -2.28. The Labute approximate surface area is 376 Å². The van der Waals surface area contributed by atoms with Gasteiger partial charge in [0.05, 0.1) is 11.1 Å². The van der Waals surface area contributed by atoms with Crippen LogP contribution in [0.3, 0.4) is 0 Å². The summed E-state index contributed by atoms with van der Waals surface area (Å²) in [6.45, 7) is 2.43. The normalized spacial score (nSPS) is 15.1. The highest BCUT2D eigenvalue weighted by Gasteiger charge is 2.47. The van der Waals surface area contributed by atoms with Gasteiger partial charge < -0.3 is 4.90 Å². The molecule has 10 aromatic carbocycles. The number of hydrogen-bond acceptors (Lipinski definition) is 1. The summed E-state index contributed by atoms with van der Waals surface area (Å²) in [5, 5.41) is 0. The van der Waals surface area contributed by atoms with E-state index in [1.807, 2.05) is 0 Å². The zero-order valence-corrected chi connectivity index (χ0v) is 35.7. The van der Waals surface area contributed by atoms with Crippen LogP contribution in [0.2, 0.25) is 0 Å². The molecule has 0 bridgehead atoms. The Morgan fingerprint density at radius 3 is 1.36 bits per heavy atom. The highest BCUT2D eigenvalue weighted by molar-refractivity contribution is 5.97. The number of nitrogens with zero attached hydrogens (tertiary/aromatic N) is 1. The van der Waals surface area contributed by atoms with Crippen molar-refractivity contribution in [1.29, 1.82) is 0 Å². The monoisotopic (exact) mass is 815 g/mol. The van der Waals surface area contributed by atoms with Crippen LogP contribution >= 0.6 is 0 Å². The third-order valence-corrected chi connectivity index (χ3v) is 14.0. The number of anilines is 3. The lowest BCUT2D eigenvalue weighted by atomic mass is 9.67. The van der Waals surface area contributed by atoms with Crippen molar-refractivity contribution in [2.45, 2.75) is 17.8 Å². The molecule has 10 aromatic rings. The van der Waals surface area contributed by atoms with Crippen molar-refractivity contribution in [2.75, 3.05) is 4.90 Å². The Bertz CT molecular complexity index is 3280. The molecule has 0 aliphatic heterocycles. The van der Waals surface area contributed by atoms with Gasteiger partial charge >= 0.3 is 0 Å². The van der Waals surface area contributed by atoms with Gasteiger partial charge in [0.2, 0.25) is 0 Å². The van der Waals surface area contributed by atoms with Crippen molar-refractivity contribution < 1.29 is 0 Å². The van der Waals surface area contributed by atoms with Gasteiger partial charge in [0.1, 0.15) is 0 Å². The van der Waals surface area contributed by atoms with E-state index in [4.69, 9.17) is 0 Å². The number of para-hydroxylation sites is 1. The maximum absolute atomic E-state index is 2.51. The van der Waals surface area contributed by atoms with Gasteiger partial charge in [-0.1, -0.05) is 224 Å². The second kappa shape index (κ2) is 15.1. The van der Waals surface area contributed by atoms with Crippen molar-refractivity contribution in [3.63, 3.8) is 0 Å². The van der Waals surface area contributed by atoms with Gasteiger partial charge in [-0.2, -0.15) is 0 Å². The Hall–Kier alpha value is -8.00. The summed E-state index contributed by atoms with van der Waals surface area (Å²) in [6.07, 6.45) is 0. The summed E-state index contributed by atoms with van der Waals surface area (Å²) in [6, 6.07) is 94.2. The van der Waals surface area contributed by atoms with E-state index in [1.165, 1.54) is 83.5 Å². The fraction of sp³-hybridized carbons (Fsp3) is 0.0476. The maximum Gasteiger partial charge on any atom is 0.0714 e. The third-order valence-electron chi connectivity index (χ3n) is 14.0. The molecule has 1 heteroatoms. The standard InChI is InChI=1S/C63H45N/c1-62(46-26-11-4-12-27-46)57-36-21-34-52(45-24-9-3-10-25-45)61(57)55-41-39-49(42-58(55)62)64(60-37-20-18-32-51(60)44-22-7-2-8-23-44)50-38-40-54-53-33-17-19-35-56(53)63(59(54)43-50,47-28-13-5-14-29-47)48-30-15-6-16-31-48/h2-43H,1H3. The first-order valence-corrected chi connectivity index (χ1v) is 22.3. The fourth-order valence-electron chi connectivity index (χ4n) is 11.2. The summed E-state index contributed by atoms with van der Waals surface area (Å²) >= 11 is 0. The second-order valence-corrected chi connectivity index (χ2v) is 17.3. The number of benzene rings is 10. The molecule has 302 valence electrons. The minimum Gasteiger partial charge on any atom is -0.310 e. The van der Waals surface area contributed by atoms with Crippen LogP contribution in [-0.4, -0.2) is 0 Å². The maximum atomic E-state index is 2.51. The molecule has 0 aromatic heterocycles. The SMILES string of the molecule is CC1(c2ccccc2)c2cc(N(c3ccc4c(c3)C(c3ccccc3)(c3ccccc3)c3ccccc3-4)c3ccccc3-c3ccccc3)ccc2-c2c(-c3ccccc3)cccc21. The van der Waals surface area contributed by atoms with Crippen LogP contribution in [0.5, 0.6) is 0 Å². The largest absolute Gasteiger partial charge is 0.310 e. The summed E-state index contributed by atoms with van der Waals surface area (Å²) < 4.78 is 0. The first kappa shape index (κ1) is 37.7. The molecule has 1 unspecified atom stereocenters. The highest BCUT2D eigenvalue weighted by Crippen LogP contribution is 2.59. The van der Waals surface area contributed by atoms with E-state index >= 15 is 0 Å². The zero-order valence-electron chi connectivity index (χ0n) is 35.7. The molecule has 0 spiro atoms. The Balaban J connectivity index is 1.14. The molecule has 2 aliphatic carbocycles. The van der Waals surface area contributed by atoms with E-state index in [-0.39, 0.29) is 0 Å². The van der Waals surface area contributed by atoms with Gasteiger partial charge in [-0.15, -0.1) is 0 Å². The van der Waals surface area contributed by atoms with Crippen LogP contribution in [0.15, 0.2) is 255 Å². The van der Waals surface area contributed by atoms with E-state index in [0.29, 0.717) is 0 Å². The van der Waals surface area contributed by atoms with Gasteiger partial charge in [-0.3, -0.25) is 0 Å². The minimum absolute atomic E-state index is 0.410. The molecule has 0 fully saturated rings. The lowest BCUT2D eigenvalue weighted by molar-refractivity contribution is 0.714. The smallest absolute Gasteiger partial charge is 0.0714 e. The molecule has 0 amide bonds. The first-order chi connectivity index (χ1) is 31.7. The predicted molar refractivity (Wildman–Crippen MR) is 267 cm³/mol. The van der Waals surface area contributed by atoms with Gasteiger partial charge in [0.15, 0.2) is 0 Å². The van der Waals surface area contributed by atoms with Crippen molar-refractivity contribution in [3.8, 4) is 44.5 Å². The molecule has 12 rings (SSSR count). The van der Waals surface area contributed by atoms with Crippen LogP contribution in [0.4, 0.5) is 17.1 Å². The molecule has 0 heterocycles. The Morgan fingerprint density at radius 1 is 0.297 bits per heavy atom. The van der Waals surface area contributed by atoms with Crippen LogP contribution in [-0.2, 0) is 10.8 Å². The molecular weight excluding hydrogens is 771 g/mol. The quantitative estimate of drug-likeness (QED) is 0.148. The molecule has 0 saturated heterocycles. The first-order valence-electron chi connectivity index (χ1n) is 22.3. The number of fused-ring (bicyclic) bond motifs is 6. The average molecular weight is 816 g/mol. The van der Waals surface area contributed by atoms with Gasteiger partial charge in [0.25, 0.3) is 0 Å². The van der Waals surface area contributed by atoms with Crippen LogP contribution in [0, 0.1) is 0 Å². The lowest BCUT2D eigenvalue weighted by Gasteiger charge is -2.35. The van der Waals surface area contributed by atoms with E-state index in [9.17, 15) is 0 Å². The summed E-state index contributed by atoms with van der Waals surface area (Å²) in [7, 11) is 0. The molecular formula is C63H45N. The van der Waals surface area contributed by atoms with Crippen LogP contribution in [0.1, 0.15) is 45.9 Å². The topological polar surface area (TPSA) is 3.24 Å². The van der Waals surface area contributed by atoms with E-state index in [0.717, 1.165) is 17.1 Å². The van der Waals surface area contributed by atoms with E-state index in [1.54, 1.807) is 0 Å². The summed E-state index contributed by atoms with van der Waals surface area (Å²) in [5.74, 6) is 0. The number of hydrogen-bond donors (Lipinski definition) is 0. The van der Waals surface area contributed by atoms with Gasteiger partial charge in [-0.25, -0.2) is 0 Å².